The van der Waals surface area contributed by atoms with E-state index in [2.05, 4.69) is 13.8 Å². The van der Waals surface area contributed by atoms with Crippen LogP contribution in [0.25, 0.3) is 0 Å². The van der Waals surface area contributed by atoms with E-state index in [9.17, 15) is 9.59 Å². The molecule has 174 valence electrons. The Hall–Kier alpha value is -1.32. The van der Waals surface area contributed by atoms with Crippen LogP contribution < -0.4 is 0 Å². The molecule has 4 heteroatoms. The van der Waals surface area contributed by atoms with Crippen molar-refractivity contribution in [2.45, 2.75) is 117 Å². The molecule has 0 amide bonds. The highest BCUT2D eigenvalue weighted by molar-refractivity contribution is 5.83. The number of carbonyl (C=O) groups excluding carboxylic acids is 2. The highest BCUT2D eigenvalue weighted by Gasteiger charge is 2.35. The molecule has 0 bridgehead atoms. The van der Waals surface area contributed by atoms with Crippen molar-refractivity contribution >= 4 is 11.9 Å². The van der Waals surface area contributed by atoms with Gasteiger partial charge < -0.3 is 9.47 Å². The molecular weight excluding hydrogens is 376 g/mol. The van der Waals surface area contributed by atoms with Crippen LogP contribution in [0.5, 0.6) is 0 Å². The molecule has 4 nitrogen and oxygen atoms in total. The van der Waals surface area contributed by atoms with Crippen molar-refractivity contribution in [1.82, 2.24) is 0 Å². The first-order chi connectivity index (χ1) is 14.7. The molecule has 2 unspecified atom stereocenters. The SMILES string of the molecule is CCCCCCCCCOC(=O)C1C=CCCC1C(=O)OCCCCCCCCC. The van der Waals surface area contributed by atoms with E-state index in [1.54, 1.807) is 0 Å². The van der Waals surface area contributed by atoms with Gasteiger partial charge in [-0.1, -0.05) is 103 Å². The third kappa shape index (κ3) is 12.4. The topological polar surface area (TPSA) is 52.6 Å². The van der Waals surface area contributed by atoms with Crippen molar-refractivity contribution in [2.75, 3.05) is 13.2 Å². The van der Waals surface area contributed by atoms with Crippen molar-refractivity contribution < 1.29 is 19.1 Å². The minimum absolute atomic E-state index is 0.233. The lowest BCUT2D eigenvalue weighted by molar-refractivity contribution is -0.159. The van der Waals surface area contributed by atoms with Gasteiger partial charge in [0.1, 0.15) is 0 Å². The maximum absolute atomic E-state index is 12.5. The molecule has 0 heterocycles. The molecule has 0 radical (unpaired) electrons. The van der Waals surface area contributed by atoms with Crippen LogP contribution in [0.3, 0.4) is 0 Å². The van der Waals surface area contributed by atoms with Crippen LogP contribution in [0, 0.1) is 11.8 Å². The molecule has 0 aromatic rings. The largest absolute Gasteiger partial charge is 0.465 e. The molecule has 1 aliphatic carbocycles. The second-order valence-corrected chi connectivity index (χ2v) is 8.72. The second-order valence-electron chi connectivity index (χ2n) is 8.72. The van der Waals surface area contributed by atoms with E-state index in [1.165, 1.54) is 64.2 Å². The zero-order chi connectivity index (χ0) is 21.9. The molecule has 0 saturated carbocycles. The Bertz CT molecular complexity index is 472. The summed E-state index contributed by atoms with van der Waals surface area (Å²) >= 11 is 0. The third-order valence-electron chi connectivity index (χ3n) is 5.98. The van der Waals surface area contributed by atoms with Crippen molar-refractivity contribution in [1.29, 1.82) is 0 Å². The van der Waals surface area contributed by atoms with Gasteiger partial charge >= 0.3 is 11.9 Å². The minimum Gasteiger partial charge on any atom is -0.465 e. The first kappa shape index (κ1) is 26.7. The third-order valence-corrected chi connectivity index (χ3v) is 5.98. The first-order valence-electron chi connectivity index (χ1n) is 12.7. The van der Waals surface area contributed by atoms with Gasteiger partial charge in [0.2, 0.25) is 0 Å². The van der Waals surface area contributed by atoms with E-state index in [-0.39, 0.29) is 17.9 Å². The Morgan fingerprint density at radius 2 is 1.17 bits per heavy atom. The normalized spacial score (nSPS) is 18.3. The van der Waals surface area contributed by atoms with Gasteiger partial charge in [0.15, 0.2) is 0 Å². The van der Waals surface area contributed by atoms with Gasteiger partial charge in [0.25, 0.3) is 0 Å². The van der Waals surface area contributed by atoms with Crippen molar-refractivity contribution in [2.24, 2.45) is 11.8 Å². The Morgan fingerprint density at radius 3 is 1.70 bits per heavy atom. The molecule has 0 fully saturated rings. The molecule has 0 aliphatic heterocycles. The molecule has 0 saturated heterocycles. The standard InChI is InChI=1S/C26H46O4/c1-3-5-7-9-11-13-17-21-29-25(27)23-19-15-16-20-24(23)26(28)30-22-18-14-12-10-8-6-4-2/h15,19,23-24H,3-14,16-18,20-22H2,1-2H3. The Labute approximate surface area is 185 Å². The maximum atomic E-state index is 12.5. The Morgan fingerprint density at radius 1 is 0.700 bits per heavy atom. The summed E-state index contributed by atoms with van der Waals surface area (Å²) in [7, 11) is 0. The van der Waals surface area contributed by atoms with E-state index >= 15 is 0 Å². The number of hydrogen-bond donors (Lipinski definition) is 0. The molecule has 30 heavy (non-hydrogen) atoms. The fourth-order valence-corrected chi connectivity index (χ4v) is 4.01. The van der Waals surface area contributed by atoms with Crippen molar-refractivity contribution in [3.8, 4) is 0 Å². The maximum Gasteiger partial charge on any atom is 0.313 e. The van der Waals surface area contributed by atoms with Crippen LogP contribution >= 0.6 is 0 Å². The van der Waals surface area contributed by atoms with E-state index < -0.39 is 5.92 Å². The lowest BCUT2D eigenvalue weighted by atomic mass is 9.84. The van der Waals surface area contributed by atoms with Crippen LogP contribution in [0.15, 0.2) is 12.2 Å². The van der Waals surface area contributed by atoms with E-state index in [1.807, 2.05) is 12.2 Å². The average molecular weight is 423 g/mol. The molecule has 1 aliphatic rings. The average Bonchev–Trinajstić information content (AvgIpc) is 2.77. The number of unbranched alkanes of at least 4 members (excludes halogenated alkanes) is 12. The van der Waals surface area contributed by atoms with Crippen LogP contribution in [-0.2, 0) is 19.1 Å². The number of carbonyl (C=O) groups is 2. The summed E-state index contributed by atoms with van der Waals surface area (Å²) in [5, 5.41) is 0. The highest BCUT2D eigenvalue weighted by atomic mass is 16.5. The van der Waals surface area contributed by atoms with Gasteiger partial charge in [-0.3, -0.25) is 9.59 Å². The summed E-state index contributed by atoms with van der Waals surface area (Å²) in [6.07, 6.45) is 22.0. The lowest BCUT2D eigenvalue weighted by Gasteiger charge is -2.24. The molecular formula is C26H46O4. The minimum atomic E-state index is -0.482. The summed E-state index contributed by atoms with van der Waals surface area (Å²) < 4.78 is 11.0. The summed E-state index contributed by atoms with van der Waals surface area (Å²) in [6, 6.07) is 0. The summed E-state index contributed by atoms with van der Waals surface area (Å²) in [5.41, 5.74) is 0. The van der Waals surface area contributed by atoms with Crippen LogP contribution in [0.2, 0.25) is 0 Å². The van der Waals surface area contributed by atoms with Gasteiger partial charge in [-0.2, -0.15) is 0 Å². The lowest BCUT2D eigenvalue weighted by Crippen LogP contribution is -2.33. The van der Waals surface area contributed by atoms with Gasteiger partial charge in [-0.15, -0.1) is 0 Å². The van der Waals surface area contributed by atoms with Gasteiger partial charge in [-0.05, 0) is 25.7 Å². The number of esters is 2. The Kier molecular flexibility index (Phi) is 16.4. The molecule has 1 rings (SSSR count). The van der Waals surface area contributed by atoms with Crippen LogP contribution in [0.4, 0.5) is 0 Å². The van der Waals surface area contributed by atoms with Crippen LogP contribution in [0.1, 0.15) is 117 Å². The number of allylic oxidation sites excluding steroid dienone is 1. The molecule has 2 atom stereocenters. The monoisotopic (exact) mass is 422 g/mol. The van der Waals surface area contributed by atoms with E-state index in [4.69, 9.17) is 9.47 Å². The van der Waals surface area contributed by atoms with Gasteiger partial charge in [0, 0.05) is 0 Å². The predicted octanol–water partition coefficient (Wildman–Crippen LogP) is 7.16. The zero-order valence-electron chi connectivity index (χ0n) is 19.7. The van der Waals surface area contributed by atoms with Gasteiger partial charge in [-0.25, -0.2) is 0 Å². The van der Waals surface area contributed by atoms with Crippen molar-refractivity contribution in [3.05, 3.63) is 12.2 Å². The molecule has 0 N–H and O–H groups in total. The fourth-order valence-electron chi connectivity index (χ4n) is 4.01. The number of hydrogen-bond acceptors (Lipinski definition) is 4. The number of ether oxygens (including phenoxy) is 2. The summed E-state index contributed by atoms with van der Waals surface area (Å²) in [6.45, 7) is 5.36. The van der Waals surface area contributed by atoms with Gasteiger partial charge in [0.05, 0.1) is 25.0 Å². The van der Waals surface area contributed by atoms with Crippen LogP contribution in [-0.4, -0.2) is 25.2 Å². The summed E-state index contributed by atoms with van der Waals surface area (Å²) in [5.74, 6) is -1.37. The predicted molar refractivity (Wildman–Crippen MR) is 123 cm³/mol. The van der Waals surface area contributed by atoms with Crippen molar-refractivity contribution in [3.63, 3.8) is 0 Å². The zero-order valence-corrected chi connectivity index (χ0v) is 19.7. The highest BCUT2D eigenvalue weighted by Crippen LogP contribution is 2.27. The quantitative estimate of drug-likeness (QED) is 0.134. The molecule has 0 spiro atoms. The van der Waals surface area contributed by atoms with E-state index in [0.717, 1.165) is 32.1 Å². The smallest absolute Gasteiger partial charge is 0.313 e. The number of rotatable bonds is 18. The van der Waals surface area contributed by atoms with E-state index in [0.29, 0.717) is 19.6 Å². The summed E-state index contributed by atoms with van der Waals surface area (Å²) in [4.78, 5) is 25.0. The molecule has 0 aromatic carbocycles. The Balaban J connectivity index is 2.20. The first-order valence-corrected chi connectivity index (χ1v) is 12.7. The second kappa shape index (κ2) is 18.4. The fraction of sp³-hybridized carbons (Fsp3) is 0.846. The molecule has 0 aromatic heterocycles.